The second-order valence-corrected chi connectivity index (χ2v) is 10.3. The Morgan fingerprint density at radius 1 is 0.868 bits per heavy atom. The second-order valence-electron chi connectivity index (χ2n) is 10.3. The third-order valence-corrected chi connectivity index (χ3v) is 6.82. The van der Waals surface area contributed by atoms with Gasteiger partial charge in [0.15, 0.2) is 11.5 Å². The number of benzene rings is 3. The van der Waals surface area contributed by atoms with Gasteiger partial charge in [-0.3, -0.25) is 9.88 Å². The Balaban J connectivity index is 1.65. The summed E-state index contributed by atoms with van der Waals surface area (Å²) in [7, 11) is 3.17. The molecule has 0 spiro atoms. The smallest absolute Gasteiger partial charge is 0.412 e. The van der Waals surface area contributed by atoms with E-state index in [9.17, 15) is 9.90 Å². The molecule has 1 amide bonds. The van der Waals surface area contributed by atoms with Gasteiger partial charge in [-0.1, -0.05) is 45.0 Å². The van der Waals surface area contributed by atoms with Crippen molar-refractivity contribution < 1.29 is 24.1 Å². The molecule has 0 aliphatic carbocycles. The highest BCUT2D eigenvalue weighted by molar-refractivity contribution is 5.89. The molecule has 0 aliphatic rings. The molecule has 4 rings (SSSR count). The van der Waals surface area contributed by atoms with Gasteiger partial charge in [-0.2, -0.15) is 0 Å². The number of anilines is 1. The topological polar surface area (TPSA) is 81.1 Å². The van der Waals surface area contributed by atoms with E-state index in [4.69, 9.17) is 14.2 Å². The highest BCUT2D eigenvalue weighted by Crippen LogP contribution is 2.39. The Hall–Kier alpha value is -4.26. The number of hydrogen-bond donors (Lipinski definition) is 1. The van der Waals surface area contributed by atoms with Crippen molar-refractivity contribution in [3.05, 3.63) is 83.0 Å². The van der Waals surface area contributed by atoms with Gasteiger partial charge in [-0.05, 0) is 65.8 Å². The number of rotatable bonds is 7. The largest absolute Gasteiger partial charge is 0.493 e. The monoisotopic (exact) mass is 514 g/mol. The molecule has 7 heteroatoms. The molecule has 4 aromatic rings. The van der Waals surface area contributed by atoms with E-state index >= 15 is 0 Å². The summed E-state index contributed by atoms with van der Waals surface area (Å²) in [4.78, 5) is 18.1. The van der Waals surface area contributed by atoms with Crippen molar-refractivity contribution in [2.75, 3.05) is 19.1 Å². The maximum Gasteiger partial charge on any atom is 0.412 e. The van der Waals surface area contributed by atoms with E-state index in [0.29, 0.717) is 34.2 Å². The number of hydrogen-bond acceptors (Lipinski definition) is 5. The van der Waals surface area contributed by atoms with Crippen molar-refractivity contribution in [2.45, 2.75) is 46.6 Å². The van der Waals surface area contributed by atoms with Crippen molar-refractivity contribution in [3.63, 3.8) is 0 Å². The number of methoxy groups -OCH3 is 2. The molecule has 0 saturated heterocycles. The summed E-state index contributed by atoms with van der Waals surface area (Å²) in [6.45, 7) is 10.6. The predicted molar refractivity (Wildman–Crippen MR) is 150 cm³/mol. The standard InChI is InChI=1S/C31H34N2O5/c1-19-20(2)26(38-27-14-15-32-24-17-29(37-7)28(36-6)16-23(24)27)13-12-25(19)33(30(34)35)18-21-8-10-22(11-9-21)31(3,4)5/h8-17H,18H2,1-7H3,(H,34,35). The number of ether oxygens (including phenoxy) is 3. The summed E-state index contributed by atoms with van der Waals surface area (Å²) < 4.78 is 17.2. The second kappa shape index (κ2) is 10.6. The van der Waals surface area contributed by atoms with E-state index in [1.165, 1.54) is 10.5 Å². The maximum absolute atomic E-state index is 12.3. The number of nitrogens with zero attached hydrogens (tertiary/aromatic N) is 2. The van der Waals surface area contributed by atoms with Crippen LogP contribution in [0.4, 0.5) is 10.5 Å². The lowest BCUT2D eigenvalue weighted by Crippen LogP contribution is -2.29. The predicted octanol–water partition coefficient (Wildman–Crippen LogP) is 7.64. The van der Waals surface area contributed by atoms with E-state index in [1.54, 1.807) is 38.6 Å². The molecule has 0 fully saturated rings. The van der Waals surface area contributed by atoms with Gasteiger partial charge in [0.1, 0.15) is 11.5 Å². The van der Waals surface area contributed by atoms with Gasteiger partial charge in [0, 0.05) is 17.6 Å². The Morgan fingerprint density at radius 2 is 1.53 bits per heavy atom. The molecule has 7 nitrogen and oxygen atoms in total. The SMILES string of the molecule is COc1cc2nccc(Oc3ccc(N(Cc4ccc(C(C)(C)C)cc4)C(=O)O)c(C)c3C)c2cc1OC. The number of carboxylic acid groups (broad SMARTS) is 1. The first-order valence-electron chi connectivity index (χ1n) is 12.4. The molecule has 198 valence electrons. The lowest BCUT2D eigenvalue weighted by Gasteiger charge is -2.24. The molecule has 0 atom stereocenters. The van der Waals surface area contributed by atoms with E-state index in [2.05, 4.69) is 37.9 Å². The number of carbonyl (C=O) groups is 1. The average molecular weight is 515 g/mol. The maximum atomic E-state index is 12.3. The fourth-order valence-corrected chi connectivity index (χ4v) is 4.39. The minimum absolute atomic E-state index is 0.0336. The first-order chi connectivity index (χ1) is 18.0. The zero-order chi connectivity index (χ0) is 27.6. The average Bonchev–Trinajstić information content (AvgIpc) is 2.89. The molecule has 1 heterocycles. The molecular formula is C31H34N2O5. The Kier molecular flexibility index (Phi) is 7.49. The Labute approximate surface area is 223 Å². The first kappa shape index (κ1) is 26.8. The summed E-state index contributed by atoms with van der Waals surface area (Å²) in [5.74, 6) is 2.41. The first-order valence-corrected chi connectivity index (χ1v) is 12.4. The highest BCUT2D eigenvalue weighted by atomic mass is 16.5. The van der Waals surface area contributed by atoms with Crippen molar-refractivity contribution in [1.29, 1.82) is 0 Å². The molecular weight excluding hydrogens is 480 g/mol. The Bertz CT molecular complexity index is 1470. The van der Waals surface area contributed by atoms with Gasteiger partial charge in [0.2, 0.25) is 0 Å². The lowest BCUT2D eigenvalue weighted by atomic mass is 9.87. The molecule has 0 bridgehead atoms. The molecule has 1 aromatic heterocycles. The van der Waals surface area contributed by atoms with Crippen molar-refractivity contribution in [3.8, 4) is 23.0 Å². The summed E-state index contributed by atoms with van der Waals surface area (Å²) in [5, 5.41) is 10.8. The summed E-state index contributed by atoms with van der Waals surface area (Å²) in [6.07, 6.45) is 0.666. The number of fused-ring (bicyclic) bond motifs is 1. The van der Waals surface area contributed by atoms with Crippen LogP contribution in [0.5, 0.6) is 23.0 Å². The zero-order valence-corrected chi connectivity index (χ0v) is 23.0. The van der Waals surface area contributed by atoms with Gasteiger partial charge >= 0.3 is 6.09 Å². The van der Waals surface area contributed by atoms with Crippen LogP contribution < -0.4 is 19.1 Å². The van der Waals surface area contributed by atoms with Crippen LogP contribution in [0.25, 0.3) is 10.9 Å². The fraction of sp³-hybridized carbons (Fsp3) is 0.290. The van der Waals surface area contributed by atoms with Gasteiger partial charge in [0.25, 0.3) is 0 Å². The van der Waals surface area contributed by atoms with E-state index in [-0.39, 0.29) is 12.0 Å². The molecule has 0 saturated carbocycles. The van der Waals surface area contributed by atoms with Crippen LogP contribution in [0.2, 0.25) is 0 Å². The summed E-state index contributed by atoms with van der Waals surface area (Å²) >= 11 is 0. The lowest BCUT2D eigenvalue weighted by molar-refractivity contribution is 0.201. The molecule has 0 aliphatic heterocycles. The van der Waals surface area contributed by atoms with Crippen molar-refractivity contribution >= 4 is 22.7 Å². The fourth-order valence-electron chi connectivity index (χ4n) is 4.39. The normalized spacial score (nSPS) is 11.3. The molecule has 38 heavy (non-hydrogen) atoms. The van der Waals surface area contributed by atoms with Gasteiger partial charge in [0.05, 0.1) is 32.0 Å². The van der Waals surface area contributed by atoms with Crippen LogP contribution in [0.3, 0.4) is 0 Å². The van der Waals surface area contributed by atoms with Crippen LogP contribution >= 0.6 is 0 Å². The third-order valence-electron chi connectivity index (χ3n) is 6.82. The summed E-state index contributed by atoms with van der Waals surface area (Å²) in [5.41, 5.74) is 5.16. The van der Waals surface area contributed by atoms with Gasteiger partial charge in [-0.25, -0.2) is 4.79 Å². The quantitative estimate of drug-likeness (QED) is 0.273. The van der Waals surface area contributed by atoms with Crippen LogP contribution in [0.15, 0.2) is 60.8 Å². The Morgan fingerprint density at radius 3 is 2.13 bits per heavy atom. The number of aromatic nitrogens is 1. The van der Waals surface area contributed by atoms with Crippen LogP contribution in [-0.4, -0.2) is 30.4 Å². The molecule has 1 N–H and O–H groups in total. The van der Waals surface area contributed by atoms with Crippen LogP contribution in [0, 0.1) is 13.8 Å². The van der Waals surface area contributed by atoms with Crippen molar-refractivity contribution in [2.24, 2.45) is 0 Å². The number of pyridine rings is 1. The minimum atomic E-state index is -1.01. The highest BCUT2D eigenvalue weighted by Gasteiger charge is 2.21. The van der Waals surface area contributed by atoms with Gasteiger partial charge < -0.3 is 19.3 Å². The molecule has 0 radical (unpaired) electrons. The van der Waals surface area contributed by atoms with Crippen LogP contribution in [0.1, 0.15) is 43.0 Å². The van der Waals surface area contributed by atoms with E-state index in [1.807, 2.05) is 38.1 Å². The summed E-state index contributed by atoms with van der Waals surface area (Å²) in [6, 6.07) is 17.2. The molecule has 0 unspecified atom stereocenters. The molecule has 3 aromatic carbocycles. The minimum Gasteiger partial charge on any atom is -0.493 e. The van der Waals surface area contributed by atoms with E-state index < -0.39 is 6.09 Å². The van der Waals surface area contributed by atoms with Gasteiger partial charge in [-0.15, -0.1) is 0 Å². The van der Waals surface area contributed by atoms with Crippen molar-refractivity contribution in [1.82, 2.24) is 4.98 Å². The van der Waals surface area contributed by atoms with E-state index in [0.717, 1.165) is 22.1 Å². The zero-order valence-electron chi connectivity index (χ0n) is 23.0. The van der Waals surface area contributed by atoms with Crippen LogP contribution in [-0.2, 0) is 12.0 Å². The third kappa shape index (κ3) is 5.37. The number of amides is 1.